The molecule has 1 aliphatic carbocycles. The van der Waals surface area contributed by atoms with Crippen molar-refractivity contribution >= 4 is 17.7 Å². The molecule has 0 aromatic heterocycles. The summed E-state index contributed by atoms with van der Waals surface area (Å²) < 4.78 is 5.35. The van der Waals surface area contributed by atoms with Crippen LogP contribution in [0.25, 0.3) is 0 Å². The minimum Gasteiger partial charge on any atom is -0.395 e. The fourth-order valence-corrected chi connectivity index (χ4v) is 5.25. The van der Waals surface area contributed by atoms with Crippen LogP contribution in [0, 0.1) is 23.7 Å². The monoisotopic (exact) mass is 436 g/mol. The highest BCUT2D eigenvalue weighted by Gasteiger charge is 2.56. The Kier molecular flexibility index (Phi) is 8.45. The van der Waals surface area contributed by atoms with E-state index in [1.165, 1.54) is 4.90 Å². The van der Waals surface area contributed by atoms with Crippen LogP contribution in [0.3, 0.4) is 0 Å². The molecule has 0 radical (unpaired) electrons. The second-order valence-corrected chi connectivity index (χ2v) is 8.53. The van der Waals surface area contributed by atoms with Gasteiger partial charge in [-0.1, -0.05) is 25.5 Å². The van der Waals surface area contributed by atoms with Crippen LogP contribution in [0.15, 0.2) is 12.2 Å². The third-order valence-electron chi connectivity index (χ3n) is 6.72. The first kappa shape index (κ1) is 23.7. The number of ether oxygens (including phenoxy) is 1. The van der Waals surface area contributed by atoms with Crippen molar-refractivity contribution < 1.29 is 24.2 Å². The van der Waals surface area contributed by atoms with Crippen LogP contribution in [0.1, 0.15) is 19.8 Å². The van der Waals surface area contributed by atoms with E-state index in [4.69, 9.17) is 4.74 Å². The van der Waals surface area contributed by atoms with E-state index in [9.17, 15) is 19.5 Å². The van der Waals surface area contributed by atoms with Gasteiger partial charge in [-0.05, 0) is 12.3 Å². The highest BCUT2D eigenvalue weighted by atomic mass is 16.5. The molecule has 2 fully saturated rings. The number of morpholine rings is 1. The maximum absolute atomic E-state index is 13.3. The van der Waals surface area contributed by atoms with Crippen molar-refractivity contribution in [1.82, 2.24) is 20.4 Å². The molecule has 0 aromatic rings. The van der Waals surface area contributed by atoms with Gasteiger partial charge in [0, 0.05) is 45.7 Å². The number of hydrogen-bond acceptors (Lipinski definition) is 6. The van der Waals surface area contributed by atoms with Crippen molar-refractivity contribution in [3.8, 4) is 0 Å². The number of aliphatic hydroxyl groups excluding tert-OH is 1. The summed E-state index contributed by atoms with van der Waals surface area (Å²) in [6, 6.07) is -0.708. The molecule has 3 aliphatic rings. The lowest BCUT2D eigenvalue weighted by atomic mass is 9.68. The average Bonchev–Trinajstić information content (AvgIpc) is 3.06. The number of nitrogens with one attached hydrogen (secondary N) is 2. The van der Waals surface area contributed by atoms with Gasteiger partial charge in [0.1, 0.15) is 6.04 Å². The third-order valence-corrected chi connectivity index (χ3v) is 6.72. The van der Waals surface area contributed by atoms with Gasteiger partial charge in [-0.25, -0.2) is 0 Å². The summed E-state index contributed by atoms with van der Waals surface area (Å²) in [4.78, 5) is 43.0. The Hall–Kier alpha value is -1.97. The van der Waals surface area contributed by atoms with Crippen molar-refractivity contribution in [3.63, 3.8) is 0 Å². The van der Waals surface area contributed by atoms with E-state index in [2.05, 4.69) is 22.5 Å². The van der Waals surface area contributed by atoms with Crippen molar-refractivity contribution in [3.05, 3.63) is 12.2 Å². The number of fused-ring (bicyclic) bond motifs is 1. The SMILES string of the molecule is CCC[C@@H]1C=C[C@H]2[C@H](C(=O)N(CCO)[C@@H]2C(=O)NCCN2CCOCC2)[C@@H]1C(=O)NC. The summed E-state index contributed by atoms with van der Waals surface area (Å²) in [6.45, 7) is 6.19. The normalized spacial score (nSPS) is 30.9. The predicted octanol–water partition coefficient (Wildman–Crippen LogP) is -0.781. The number of β-amino-alcohol motifs (C(OH)–C–C–N with tert-alkyl or cyclic N) is 1. The summed E-state index contributed by atoms with van der Waals surface area (Å²) in [5.74, 6) is -2.10. The number of carbonyl (C=O) groups excluding carboxylic acids is 3. The number of amides is 3. The van der Waals surface area contributed by atoms with E-state index in [-0.39, 0.29) is 42.7 Å². The summed E-state index contributed by atoms with van der Waals surface area (Å²) in [5.41, 5.74) is 0. The Morgan fingerprint density at radius 1 is 1.19 bits per heavy atom. The maximum atomic E-state index is 13.3. The smallest absolute Gasteiger partial charge is 0.243 e. The van der Waals surface area contributed by atoms with Crippen LogP contribution in [0.5, 0.6) is 0 Å². The lowest BCUT2D eigenvalue weighted by molar-refractivity contribution is -0.141. The number of rotatable bonds is 9. The first-order valence-corrected chi connectivity index (χ1v) is 11.4. The largest absolute Gasteiger partial charge is 0.395 e. The van der Waals surface area contributed by atoms with Crippen LogP contribution in [-0.4, -0.2) is 98.3 Å². The van der Waals surface area contributed by atoms with E-state index < -0.39 is 17.9 Å². The predicted molar refractivity (Wildman–Crippen MR) is 115 cm³/mol. The second-order valence-electron chi connectivity index (χ2n) is 8.53. The quantitative estimate of drug-likeness (QED) is 0.409. The van der Waals surface area contributed by atoms with Crippen LogP contribution >= 0.6 is 0 Å². The highest BCUT2D eigenvalue weighted by Crippen LogP contribution is 2.45. The molecule has 174 valence electrons. The average molecular weight is 437 g/mol. The van der Waals surface area contributed by atoms with Gasteiger partial charge in [0.15, 0.2) is 0 Å². The molecule has 3 N–H and O–H groups in total. The minimum absolute atomic E-state index is 0.0331. The number of likely N-dealkylation sites (tertiary alicyclic amines) is 1. The van der Waals surface area contributed by atoms with Gasteiger partial charge in [-0.3, -0.25) is 19.3 Å². The van der Waals surface area contributed by atoms with E-state index >= 15 is 0 Å². The molecule has 9 heteroatoms. The molecular weight excluding hydrogens is 400 g/mol. The van der Waals surface area contributed by atoms with E-state index in [1.807, 2.05) is 12.2 Å². The Morgan fingerprint density at radius 3 is 2.58 bits per heavy atom. The van der Waals surface area contributed by atoms with Gasteiger partial charge in [0.05, 0.1) is 31.7 Å². The van der Waals surface area contributed by atoms with Crippen LogP contribution in [-0.2, 0) is 19.1 Å². The standard InChI is InChI=1S/C22H36N4O5/c1-3-4-15-5-6-16-18(17(15)20(28)23-2)22(30)26(9-12-27)19(16)21(29)24-7-8-25-10-13-31-14-11-25/h5-6,15-19,27H,3-4,7-14H2,1-2H3,(H,23,28)(H,24,29)/t15-,16+,17-,18+,19+/m1/s1. The number of aliphatic hydroxyl groups is 1. The number of hydrogen-bond donors (Lipinski definition) is 3. The van der Waals surface area contributed by atoms with Crippen LogP contribution < -0.4 is 10.6 Å². The van der Waals surface area contributed by atoms with Crippen molar-refractivity contribution in [2.75, 3.05) is 59.6 Å². The van der Waals surface area contributed by atoms with Crippen molar-refractivity contribution in [2.24, 2.45) is 23.7 Å². The van der Waals surface area contributed by atoms with Gasteiger partial charge in [-0.15, -0.1) is 0 Å². The number of allylic oxidation sites excluding steroid dienone is 1. The fourth-order valence-electron chi connectivity index (χ4n) is 5.25. The van der Waals surface area contributed by atoms with Crippen molar-refractivity contribution in [2.45, 2.75) is 25.8 Å². The summed E-state index contributed by atoms with van der Waals surface area (Å²) in [7, 11) is 1.58. The molecule has 9 nitrogen and oxygen atoms in total. The highest BCUT2D eigenvalue weighted by molar-refractivity contribution is 5.96. The lowest BCUT2D eigenvalue weighted by Gasteiger charge is -2.34. The summed E-state index contributed by atoms with van der Waals surface area (Å²) >= 11 is 0. The van der Waals surface area contributed by atoms with Gasteiger partial charge in [0.25, 0.3) is 0 Å². The topological polar surface area (TPSA) is 111 Å². The summed E-state index contributed by atoms with van der Waals surface area (Å²) in [5, 5.41) is 15.2. The van der Waals surface area contributed by atoms with Gasteiger partial charge in [0.2, 0.25) is 17.7 Å². The number of nitrogens with zero attached hydrogens (tertiary/aromatic N) is 2. The Morgan fingerprint density at radius 2 is 1.94 bits per heavy atom. The molecule has 0 unspecified atom stereocenters. The van der Waals surface area contributed by atoms with E-state index in [0.29, 0.717) is 19.8 Å². The molecule has 31 heavy (non-hydrogen) atoms. The molecule has 2 aliphatic heterocycles. The second kappa shape index (κ2) is 11.1. The van der Waals surface area contributed by atoms with E-state index in [1.54, 1.807) is 7.05 Å². The molecule has 5 atom stereocenters. The zero-order valence-corrected chi connectivity index (χ0v) is 18.6. The molecule has 3 rings (SSSR count). The zero-order valence-electron chi connectivity index (χ0n) is 18.6. The van der Waals surface area contributed by atoms with Crippen molar-refractivity contribution in [1.29, 1.82) is 0 Å². The third kappa shape index (κ3) is 5.10. The molecule has 2 saturated heterocycles. The van der Waals surface area contributed by atoms with Crippen LogP contribution in [0.2, 0.25) is 0 Å². The molecule has 2 heterocycles. The summed E-state index contributed by atoms with van der Waals surface area (Å²) in [6.07, 6.45) is 5.67. The van der Waals surface area contributed by atoms with Gasteiger partial charge in [-0.2, -0.15) is 0 Å². The van der Waals surface area contributed by atoms with E-state index in [0.717, 1.165) is 32.5 Å². The molecular formula is C22H36N4O5. The molecule has 0 spiro atoms. The Bertz CT molecular complexity index is 679. The first-order chi connectivity index (χ1) is 15.0. The van der Waals surface area contributed by atoms with Gasteiger partial charge >= 0.3 is 0 Å². The lowest BCUT2D eigenvalue weighted by Crippen LogP contribution is -2.50. The molecule has 0 aromatic carbocycles. The Balaban J connectivity index is 1.76. The van der Waals surface area contributed by atoms with Crippen LogP contribution in [0.4, 0.5) is 0 Å². The molecule has 3 amide bonds. The molecule has 0 bridgehead atoms. The molecule has 0 saturated carbocycles. The first-order valence-electron chi connectivity index (χ1n) is 11.4. The Labute approximate surface area is 184 Å². The zero-order chi connectivity index (χ0) is 22.4. The fraction of sp³-hybridized carbons (Fsp3) is 0.773. The minimum atomic E-state index is -0.708. The number of carbonyl (C=O) groups is 3. The maximum Gasteiger partial charge on any atom is 0.243 e. The van der Waals surface area contributed by atoms with Gasteiger partial charge < -0.3 is 25.4 Å².